The zero-order valence-electron chi connectivity index (χ0n) is 20.3. The lowest BCUT2D eigenvalue weighted by Gasteiger charge is -2.45. The molecule has 4 unspecified atom stereocenters. The van der Waals surface area contributed by atoms with Crippen molar-refractivity contribution in [3.8, 4) is 0 Å². The van der Waals surface area contributed by atoms with Crippen LogP contribution in [0.2, 0.25) is 0 Å². The second kappa shape index (κ2) is 12.7. The van der Waals surface area contributed by atoms with Crippen molar-refractivity contribution in [3.05, 3.63) is 24.3 Å². The number of hydrogen-bond acceptors (Lipinski definition) is 11. The van der Waals surface area contributed by atoms with Crippen molar-refractivity contribution in [3.63, 3.8) is 0 Å². The van der Waals surface area contributed by atoms with Gasteiger partial charge in [0.2, 0.25) is 0 Å². The Hall–Kier alpha value is -2.07. The number of urea groups is 1. The van der Waals surface area contributed by atoms with Crippen molar-refractivity contribution in [2.75, 3.05) is 23.8 Å². The molecule has 208 valence electrons. The predicted octanol–water partition coefficient (Wildman–Crippen LogP) is -1.18. The molecule has 0 radical (unpaired) electrons. The minimum absolute atomic E-state index is 0.183. The van der Waals surface area contributed by atoms with Crippen molar-refractivity contribution in [2.24, 2.45) is 0 Å². The zero-order chi connectivity index (χ0) is 26.5. The van der Waals surface area contributed by atoms with Crippen LogP contribution in [0.5, 0.6) is 0 Å². The fourth-order valence-corrected chi connectivity index (χ4v) is 4.84. The lowest BCUT2D eigenvalue weighted by Crippen LogP contribution is -2.64. The summed E-state index contributed by atoms with van der Waals surface area (Å²) in [5.41, 5.74) is 1.10. The monoisotopic (exact) mass is 527 g/mol. The van der Waals surface area contributed by atoms with Crippen LogP contribution < -0.4 is 16.0 Å². The van der Waals surface area contributed by atoms with Gasteiger partial charge < -0.3 is 60.8 Å². The Labute approximate surface area is 214 Å². The van der Waals surface area contributed by atoms with Crippen LogP contribution in [0.15, 0.2) is 24.3 Å². The maximum Gasteiger partial charge on any atom is 0.319 e. The van der Waals surface area contributed by atoms with Crippen LogP contribution in [-0.4, -0.2) is 111 Å². The van der Waals surface area contributed by atoms with Crippen LogP contribution >= 0.6 is 0 Å². The van der Waals surface area contributed by atoms with Gasteiger partial charge in [-0.3, -0.25) is 0 Å². The smallest absolute Gasteiger partial charge is 0.319 e. The highest BCUT2D eigenvalue weighted by molar-refractivity contribution is 5.89. The molecule has 1 aromatic rings. The van der Waals surface area contributed by atoms with Gasteiger partial charge in [0.05, 0.1) is 13.2 Å². The number of hydrogen-bond donors (Lipinski definition) is 9. The van der Waals surface area contributed by atoms with Gasteiger partial charge >= 0.3 is 6.03 Å². The highest BCUT2D eigenvalue weighted by atomic mass is 16.7. The number of rotatable bonds is 7. The molecule has 3 fully saturated rings. The number of aliphatic hydroxyl groups excluding tert-OH is 6. The summed E-state index contributed by atoms with van der Waals surface area (Å²) in [6, 6.07) is 6.58. The Morgan fingerprint density at radius 2 is 1.59 bits per heavy atom. The molecular formula is C24H37N3O10. The fourth-order valence-electron chi connectivity index (χ4n) is 4.84. The van der Waals surface area contributed by atoms with Crippen molar-refractivity contribution >= 4 is 17.4 Å². The van der Waals surface area contributed by atoms with Crippen LogP contribution in [0, 0.1) is 0 Å². The fraction of sp³-hybridized carbons (Fsp3) is 0.708. The van der Waals surface area contributed by atoms with E-state index in [0.29, 0.717) is 11.4 Å². The first-order chi connectivity index (χ1) is 17.8. The molecule has 1 saturated carbocycles. The molecule has 1 aliphatic carbocycles. The zero-order valence-corrected chi connectivity index (χ0v) is 20.3. The largest absolute Gasteiger partial charge is 0.394 e. The van der Waals surface area contributed by atoms with E-state index in [0.717, 1.165) is 25.7 Å². The molecule has 2 heterocycles. The second-order valence-corrected chi connectivity index (χ2v) is 9.76. The molecule has 2 saturated heterocycles. The highest BCUT2D eigenvalue weighted by Crippen LogP contribution is 2.28. The minimum Gasteiger partial charge on any atom is -0.394 e. The van der Waals surface area contributed by atoms with Gasteiger partial charge in [0, 0.05) is 17.4 Å². The highest BCUT2D eigenvalue weighted by Gasteiger charge is 2.48. The summed E-state index contributed by atoms with van der Waals surface area (Å²) in [5, 5.41) is 69.4. The van der Waals surface area contributed by atoms with E-state index in [2.05, 4.69) is 16.0 Å². The van der Waals surface area contributed by atoms with E-state index in [4.69, 9.17) is 14.2 Å². The summed E-state index contributed by atoms with van der Waals surface area (Å²) in [4.78, 5) is 12.3. The van der Waals surface area contributed by atoms with Gasteiger partial charge in [0.1, 0.15) is 42.7 Å². The molecule has 0 bridgehead atoms. The lowest BCUT2D eigenvalue weighted by molar-refractivity contribution is -0.322. The first kappa shape index (κ1) is 28.0. The van der Waals surface area contributed by atoms with Crippen LogP contribution in [-0.2, 0) is 14.2 Å². The van der Waals surface area contributed by atoms with Crippen molar-refractivity contribution in [2.45, 2.75) is 93.4 Å². The number of carbonyl (C=O) groups excluding carboxylic acids is 1. The molecule has 2 aliphatic heterocycles. The number of nitrogens with one attached hydrogen (secondary N) is 3. The molecule has 3 aliphatic rings. The molecule has 4 rings (SSSR count). The Kier molecular flexibility index (Phi) is 9.56. The SMILES string of the molecule is O=C(Nc1ccc(N[C@@H]2OC(CO)[C@@H](OC3OC[C@H](O)C(O)[C@@H]3O)[C@H](O)C2O)cc1)NC1CCCCC1. The summed E-state index contributed by atoms with van der Waals surface area (Å²) in [6.45, 7) is -0.893. The van der Waals surface area contributed by atoms with Crippen LogP contribution in [0.3, 0.4) is 0 Å². The van der Waals surface area contributed by atoms with Crippen molar-refractivity contribution in [1.29, 1.82) is 0 Å². The summed E-state index contributed by atoms with van der Waals surface area (Å²) in [6.07, 6.45) is -7.04. The van der Waals surface area contributed by atoms with E-state index in [9.17, 15) is 35.4 Å². The first-order valence-electron chi connectivity index (χ1n) is 12.6. The molecule has 13 nitrogen and oxygen atoms in total. The molecular weight excluding hydrogens is 490 g/mol. The lowest BCUT2D eigenvalue weighted by atomic mass is 9.96. The molecule has 37 heavy (non-hydrogen) atoms. The van der Waals surface area contributed by atoms with E-state index in [1.165, 1.54) is 6.42 Å². The Bertz CT molecular complexity index is 869. The normalized spacial score (nSPS) is 37.1. The number of anilines is 2. The minimum atomic E-state index is -1.61. The molecule has 9 N–H and O–H groups in total. The number of ether oxygens (including phenoxy) is 3. The van der Waals surface area contributed by atoms with Gasteiger partial charge in [-0.25, -0.2) is 4.79 Å². The van der Waals surface area contributed by atoms with Crippen LogP contribution in [0.4, 0.5) is 16.2 Å². The third-order valence-corrected chi connectivity index (χ3v) is 7.00. The quantitative estimate of drug-likeness (QED) is 0.206. The average Bonchev–Trinajstić information content (AvgIpc) is 2.90. The Morgan fingerprint density at radius 1 is 0.919 bits per heavy atom. The molecule has 0 aromatic heterocycles. The topological polar surface area (TPSA) is 202 Å². The second-order valence-electron chi connectivity index (χ2n) is 9.76. The molecule has 1 aromatic carbocycles. The Morgan fingerprint density at radius 3 is 2.27 bits per heavy atom. The van der Waals surface area contributed by atoms with Gasteiger partial charge in [0.25, 0.3) is 0 Å². The van der Waals surface area contributed by atoms with Gasteiger partial charge in [-0.15, -0.1) is 0 Å². The molecule has 13 heteroatoms. The average molecular weight is 528 g/mol. The van der Waals surface area contributed by atoms with Crippen molar-refractivity contribution in [1.82, 2.24) is 5.32 Å². The number of benzene rings is 1. The third-order valence-electron chi connectivity index (χ3n) is 7.00. The van der Waals surface area contributed by atoms with Gasteiger partial charge in [-0.1, -0.05) is 19.3 Å². The van der Waals surface area contributed by atoms with Crippen molar-refractivity contribution < 1.29 is 49.6 Å². The van der Waals surface area contributed by atoms with E-state index < -0.39 is 61.9 Å². The number of carbonyl (C=O) groups is 1. The number of aliphatic hydroxyl groups is 6. The molecule has 0 spiro atoms. The standard InChI is InChI=1S/C24H37N3O10/c28-10-16-21(37-23-20(33)17(30)15(29)11-35-23)18(31)19(32)22(36-16)25-13-6-8-14(9-7-13)27-24(34)26-12-4-2-1-3-5-12/h6-9,12,15-23,25,28-33H,1-5,10-11H2,(H2,26,27,34)/t15-,16?,17?,18+,19?,20-,21+,22+,23?/m0/s1. The first-order valence-corrected chi connectivity index (χ1v) is 12.6. The summed E-state index contributed by atoms with van der Waals surface area (Å²) in [7, 11) is 0. The van der Waals surface area contributed by atoms with E-state index in [1.54, 1.807) is 24.3 Å². The predicted molar refractivity (Wildman–Crippen MR) is 129 cm³/mol. The van der Waals surface area contributed by atoms with Crippen LogP contribution in [0.1, 0.15) is 32.1 Å². The summed E-state index contributed by atoms with van der Waals surface area (Å²) < 4.78 is 16.5. The molecule has 9 atom stereocenters. The van der Waals surface area contributed by atoms with E-state index in [1.807, 2.05) is 0 Å². The van der Waals surface area contributed by atoms with Gasteiger partial charge in [-0.05, 0) is 37.1 Å². The summed E-state index contributed by atoms with van der Waals surface area (Å²) >= 11 is 0. The van der Waals surface area contributed by atoms with Crippen LogP contribution in [0.25, 0.3) is 0 Å². The molecule has 2 amide bonds. The third kappa shape index (κ3) is 6.88. The maximum absolute atomic E-state index is 12.3. The number of amides is 2. The van der Waals surface area contributed by atoms with Gasteiger partial charge in [-0.2, -0.15) is 0 Å². The van der Waals surface area contributed by atoms with E-state index in [-0.39, 0.29) is 18.7 Å². The maximum atomic E-state index is 12.3. The van der Waals surface area contributed by atoms with E-state index >= 15 is 0 Å². The summed E-state index contributed by atoms with van der Waals surface area (Å²) in [5.74, 6) is 0. The van der Waals surface area contributed by atoms with Gasteiger partial charge in [0.15, 0.2) is 12.5 Å². The Balaban J connectivity index is 1.31.